The predicted octanol–water partition coefficient (Wildman–Crippen LogP) is 6.09. The Kier molecular flexibility index (Phi) is 7.14. The van der Waals surface area contributed by atoms with Crippen LogP contribution in [-0.2, 0) is 6.18 Å². The van der Waals surface area contributed by atoms with Gasteiger partial charge < -0.3 is 4.90 Å². The number of piperazine rings is 1. The molecule has 188 valence electrons. The summed E-state index contributed by atoms with van der Waals surface area (Å²) in [6, 6.07) is 17.5. The van der Waals surface area contributed by atoms with Crippen LogP contribution in [0.2, 0.25) is 5.02 Å². The number of nitro benzene ring substituents is 2. The Hall–Kier alpha value is -3.70. The molecule has 0 spiro atoms. The maximum atomic E-state index is 13.3. The van der Waals surface area contributed by atoms with E-state index in [9.17, 15) is 33.4 Å². The molecule has 0 saturated carbocycles. The maximum Gasteiger partial charge on any atom is 0.416 e. The third-order valence-corrected chi connectivity index (χ3v) is 6.34. The summed E-state index contributed by atoms with van der Waals surface area (Å²) in [6.07, 6.45) is -4.96. The molecule has 1 heterocycles. The Morgan fingerprint density at radius 1 is 0.806 bits per heavy atom. The van der Waals surface area contributed by atoms with Crippen molar-refractivity contribution in [3.8, 4) is 0 Å². The minimum absolute atomic E-state index is 0.143. The Bertz CT molecular complexity index is 1230. The van der Waals surface area contributed by atoms with Gasteiger partial charge in [0.2, 0.25) is 0 Å². The minimum Gasteiger partial charge on any atom is -0.358 e. The molecule has 0 aliphatic carbocycles. The summed E-state index contributed by atoms with van der Waals surface area (Å²) < 4.78 is 39.8. The molecule has 1 aliphatic heterocycles. The van der Waals surface area contributed by atoms with E-state index in [0.29, 0.717) is 30.2 Å². The van der Waals surface area contributed by atoms with Crippen molar-refractivity contribution < 1.29 is 23.0 Å². The summed E-state index contributed by atoms with van der Waals surface area (Å²) >= 11 is 6.05. The van der Waals surface area contributed by atoms with Gasteiger partial charge in [0.05, 0.1) is 21.5 Å². The SMILES string of the molecule is O=[N+]([O-])c1cc(C(F)(F)F)cc([N+](=O)[O-])c1N1CCN(C(c2ccccc2)c2ccc(Cl)cc2)CC1. The van der Waals surface area contributed by atoms with Crippen molar-refractivity contribution in [3.63, 3.8) is 0 Å². The lowest BCUT2D eigenvalue weighted by atomic mass is 9.96. The lowest BCUT2D eigenvalue weighted by Crippen LogP contribution is -2.48. The van der Waals surface area contributed by atoms with Crippen LogP contribution in [0.15, 0.2) is 66.7 Å². The predicted molar refractivity (Wildman–Crippen MR) is 128 cm³/mol. The summed E-state index contributed by atoms with van der Waals surface area (Å²) in [5.74, 6) is 0. The van der Waals surface area contributed by atoms with Gasteiger partial charge in [-0.15, -0.1) is 0 Å². The largest absolute Gasteiger partial charge is 0.416 e. The van der Waals surface area contributed by atoms with Gasteiger partial charge in [-0.1, -0.05) is 54.1 Å². The molecule has 0 bridgehead atoms. The van der Waals surface area contributed by atoms with Crippen LogP contribution >= 0.6 is 11.6 Å². The van der Waals surface area contributed by atoms with E-state index in [-0.39, 0.29) is 19.1 Å². The second kappa shape index (κ2) is 10.1. The number of nitrogens with zero attached hydrogens (tertiary/aromatic N) is 4. The van der Waals surface area contributed by atoms with E-state index >= 15 is 0 Å². The van der Waals surface area contributed by atoms with E-state index in [4.69, 9.17) is 11.6 Å². The zero-order chi connectivity index (χ0) is 26.0. The molecule has 1 saturated heterocycles. The first-order chi connectivity index (χ1) is 17.1. The number of halogens is 4. The van der Waals surface area contributed by atoms with Crippen molar-refractivity contribution in [2.45, 2.75) is 12.2 Å². The van der Waals surface area contributed by atoms with E-state index in [1.165, 1.54) is 4.90 Å². The van der Waals surface area contributed by atoms with Crippen LogP contribution in [-0.4, -0.2) is 40.9 Å². The van der Waals surface area contributed by atoms with Crippen molar-refractivity contribution >= 4 is 28.7 Å². The lowest BCUT2D eigenvalue weighted by molar-refractivity contribution is -0.393. The van der Waals surface area contributed by atoms with Gasteiger partial charge in [-0.2, -0.15) is 13.2 Å². The molecular formula is C24H20ClF3N4O4. The molecule has 4 rings (SSSR count). The van der Waals surface area contributed by atoms with E-state index < -0.39 is 38.6 Å². The fourth-order valence-corrected chi connectivity index (χ4v) is 4.59. The van der Waals surface area contributed by atoms with Gasteiger partial charge in [0.15, 0.2) is 5.69 Å². The third-order valence-electron chi connectivity index (χ3n) is 6.09. The van der Waals surface area contributed by atoms with E-state index in [2.05, 4.69) is 4.90 Å². The molecule has 1 fully saturated rings. The Labute approximate surface area is 208 Å². The second-order valence-electron chi connectivity index (χ2n) is 8.26. The molecule has 0 N–H and O–H groups in total. The van der Waals surface area contributed by atoms with Crippen molar-refractivity contribution in [2.24, 2.45) is 0 Å². The number of nitro groups is 2. The summed E-state index contributed by atoms with van der Waals surface area (Å²) in [5.41, 5.74) is -1.77. The topological polar surface area (TPSA) is 92.8 Å². The molecule has 8 nitrogen and oxygen atoms in total. The molecule has 1 atom stereocenters. The van der Waals surface area contributed by atoms with E-state index in [1.54, 1.807) is 12.1 Å². The van der Waals surface area contributed by atoms with E-state index in [0.717, 1.165) is 11.1 Å². The zero-order valence-corrected chi connectivity index (χ0v) is 19.4. The summed E-state index contributed by atoms with van der Waals surface area (Å²) in [6.45, 7) is 1.00. The number of anilines is 1. The van der Waals surface area contributed by atoms with Crippen molar-refractivity contribution in [3.05, 3.63) is 109 Å². The second-order valence-corrected chi connectivity index (χ2v) is 8.70. The van der Waals surface area contributed by atoms with Gasteiger partial charge in [-0.3, -0.25) is 25.1 Å². The van der Waals surface area contributed by atoms with Gasteiger partial charge in [0.1, 0.15) is 0 Å². The highest BCUT2D eigenvalue weighted by Crippen LogP contribution is 2.44. The molecule has 12 heteroatoms. The monoisotopic (exact) mass is 520 g/mol. The van der Waals surface area contributed by atoms with Crippen molar-refractivity contribution in [1.82, 2.24) is 4.90 Å². The van der Waals surface area contributed by atoms with Gasteiger partial charge in [-0.25, -0.2) is 0 Å². The highest BCUT2D eigenvalue weighted by Gasteiger charge is 2.40. The molecular weight excluding hydrogens is 501 g/mol. The fourth-order valence-electron chi connectivity index (χ4n) is 4.47. The third kappa shape index (κ3) is 5.26. The van der Waals surface area contributed by atoms with Crippen LogP contribution in [0.4, 0.5) is 30.2 Å². The molecule has 1 aliphatic rings. The Balaban J connectivity index is 1.67. The van der Waals surface area contributed by atoms with Crippen molar-refractivity contribution in [2.75, 3.05) is 31.1 Å². The zero-order valence-electron chi connectivity index (χ0n) is 18.7. The number of hydrogen-bond donors (Lipinski definition) is 0. The summed E-state index contributed by atoms with van der Waals surface area (Å²) in [4.78, 5) is 24.8. The van der Waals surface area contributed by atoms with Crippen LogP contribution in [0.5, 0.6) is 0 Å². The number of rotatable bonds is 6. The molecule has 0 radical (unpaired) electrons. The summed E-state index contributed by atoms with van der Waals surface area (Å²) in [7, 11) is 0. The maximum absolute atomic E-state index is 13.3. The van der Waals surface area contributed by atoms with Gasteiger partial charge in [0, 0.05) is 43.3 Å². The first kappa shape index (κ1) is 25.4. The average molecular weight is 521 g/mol. The molecule has 36 heavy (non-hydrogen) atoms. The minimum atomic E-state index is -4.96. The smallest absolute Gasteiger partial charge is 0.358 e. The highest BCUT2D eigenvalue weighted by atomic mass is 35.5. The van der Waals surface area contributed by atoms with Crippen LogP contribution in [0.1, 0.15) is 22.7 Å². The Morgan fingerprint density at radius 3 is 1.78 bits per heavy atom. The van der Waals surface area contributed by atoms with Crippen LogP contribution < -0.4 is 4.90 Å². The molecule has 0 amide bonds. The average Bonchev–Trinajstić information content (AvgIpc) is 2.85. The molecule has 1 unspecified atom stereocenters. The quantitative estimate of drug-likeness (QED) is 0.288. The van der Waals surface area contributed by atoms with Gasteiger partial charge >= 0.3 is 6.18 Å². The van der Waals surface area contributed by atoms with E-state index in [1.807, 2.05) is 42.5 Å². The number of hydrogen-bond acceptors (Lipinski definition) is 6. The first-order valence-corrected chi connectivity index (χ1v) is 11.3. The fraction of sp³-hybridized carbons (Fsp3) is 0.250. The molecule has 3 aromatic rings. The standard InChI is InChI=1S/C24H20ClF3N4O4/c25-19-8-6-17(7-9-19)22(16-4-2-1-3-5-16)29-10-12-30(13-11-29)23-20(31(33)34)14-18(24(26,27)28)15-21(23)32(35)36/h1-9,14-15,22H,10-13H2. The molecule has 3 aromatic carbocycles. The van der Waals surface area contributed by atoms with Gasteiger partial charge in [-0.05, 0) is 23.3 Å². The normalized spacial score (nSPS) is 15.5. The van der Waals surface area contributed by atoms with Gasteiger partial charge in [0.25, 0.3) is 11.4 Å². The first-order valence-electron chi connectivity index (χ1n) is 10.9. The number of benzene rings is 3. The van der Waals surface area contributed by atoms with Crippen LogP contribution in [0.3, 0.4) is 0 Å². The van der Waals surface area contributed by atoms with Crippen LogP contribution in [0.25, 0.3) is 0 Å². The highest BCUT2D eigenvalue weighted by molar-refractivity contribution is 6.30. The Morgan fingerprint density at radius 2 is 1.31 bits per heavy atom. The molecule has 0 aromatic heterocycles. The van der Waals surface area contributed by atoms with Crippen molar-refractivity contribution in [1.29, 1.82) is 0 Å². The number of alkyl halides is 3. The lowest BCUT2D eigenvalue weighted by Gasteiger charge is -2.40. The summed E-state index contributed by atoms with van der Waals surface area (Å²) in [5, 5.41) is 23.9. The van der Waals surface area contributed by atoms with Crippen LogP contribution in [0, 0.1) is 20.2 Å².